The van der Waals surface area contributed by atoms with Crippen LogP contribution in [0.4, 0.5) is 0 Å². The summed E-state index contributed by atoms with van der Waals surface area (Å²) in [7, 11) is 0. The molecule has 0 aliphatic carbocycles. The molecule has 60 valence electrons. The van der Waals surface area contributed by atoms with Crippen molar-refractivity contribution < 1.29 is 0 Å². The van der Waals surface area contributed by atoms with Crippen molar-refractivity contribution in [1.82, 2.24) is 9.97 Å². The molecule has 0 aliphatic rings. The van der Waals surface area contributed by atoms with Crippen LogP contribution >= 0.6 is 0 Å². The maximum Gasteiger partial charge on any atom is 0.0602 e. The summed E-state index contributed by atoms with van der Waals surface area (Å²) in [4.78, 5) is 8.29. The Bertz CT molecular complexity index is 215. The fraction of sp³-hybridized carbons (Fsp3) is 0.500. The fourth-order valence-electron chi connectivity index (χ4n) is 0.855. The van der Waals surface area contributed by atoms with Crippen LogP contribution in [0.15, 0.2) is 12.4 Å². The Balaban J connectivity index is 2.66. The van der Waals surface area contributed by atoms with Gasteiger partial charge in [0.15, 0.2) is 0 Å². The average Bonchev–Trinajstić information content (AvgIpc) is 1.93. The van der Waals surface area contributed by atoms with Gasteiger partial charge in [-0.2, -0.15) is 0 Å². The number of nitrogens with zero attached hydrogens (tertiary/aromatic N) is 2. The van der Waals surface area contributed by atoms with E-state index >= 15 is 0 Å². The first kappa shape index (κ1) is 8.14. The second-order valence-electron chi connectivity index (χ2n) is 2.83. The Morgan fingerprint density at radius 1 is 1.45 bits per heavy atom. The lowest BCUT2D eigenvalue weighted by atomic mass is 10.2. The molecule has 0 bridgehead atoms. The largest absolute Gasteiger partial charge is 0.328 e. The summed E-state index contributed by atoms with van der Waals surface area (Å²) in [6.07, 6.45) is 4.34. The minimum Gasteiger partial charge on any atom is -0.328 e. The van der Waals surface area contributed by atoms with E-state index in [0.717, 1.165) is 17.8 Å². The quantitative estimate of drug-likeness (QED) is 0.676. The van der Waals surface area contributed by atoms with Crippen molar-refractivity contribution in [2.75, 3.05) is 0 Å². The number of aromatic nitrogens is 2. The zero-order valence-electron chi connectivity index (χ0n) is 6.91. The van der Waals surface area contributed by atoms with Gasteiger partial charge in [0.05, 0.1) is 11.4 Å². The molecule has 0 aliphatic heterocycles. The standard InChI is InChI=1S/C8H13N3/c1-6(9)3-8-5-10-7(2)4-11-8/h4-6H,3,9H2,1-2H3. The van der Waals surface area contributed by atoms with Gasteiger partial charge in [0, 0.05) is 24.9 Å². The lowest BCUT2D eigenvalue weighted by molar-refractivity contribution is 0.717. The van der Waals surface area contributed by atoms with Crippen LogP contribution in [-0.2, 0) is 6.42 Å². The molecule has 1 aromatic heterocycles. The zero-order chi connectivity index (χ0) is 8.27. The number of rotatable bonds is 2. The molecule has 3 heteroatoms. The molecule has 1 atom stereocenters. The van der Waals surface area contributed by atoms with E-state index < -0.39 is 0 Å². The molecule has 0 spiro atoms. The summed E-state index contributed by atoms with van der Waals surface area (Å²) in [6, 6.07) is 0.159. The molecule has 0 radical (unpaired) electrons. The summed E-state index contributed by atoms with van der Waals surface area (Å²) in [5.74, 6) is 0. The molecular formula is C8H13N3. The van der Waals surface area contributed by atoms with Crippen LogP contribution in [0.25, 0.3) is 0 Å². The van der Waals surface area contributed by atoms with E-state index in [1.165, 1.54) is 0 Å². The Morgan fingerprint density at radius 2 is 2.18 bits per heavy atom. The van der Waals surface area contributed by atoms with Gasteiger partial charge in [-0.15, -0.1) is 0 Å². The molecule has 0 aromatic carbocycles. The van der Waals surface area contributed by atoms with Crippen molar-refractivity contribution in [3.63, 3.8) is 0 Å². The summed E-state index contributed by atoms with van der Waals surface area (Å²) < 4.78 is 0. The first-order chi connectivity index (χ1) is 5.18. The highest BCUT2D eigenvalue weighted by Gasteiger charge is 1.98. The number of aryl methyl sites for hydroxylation is 1. The highest BCUT2D eigenvalue weighted by molar-refractivity contribution is 5.01. The van der Waals surface area contributed by atoms with Crippen LogP contribution < -0.4 is 5.73 Å². The van der Waals surface area contributed by atoms with Crippen molar-refractivity contribution >= 4 is 0 Å². The highest BCUT2D eigenvalue weighted by atomic mass is 14.8. The molecule has 0 saturated carbocycles. The average molecular weight is 151 g/mol. The molecule has 3 nitrogen and oxygen atoms in total. The molecule has 1 heterocycles. The monoisotopic (exact) mass is 151 g/mol. The summed E-state index contributed by atoms with van der Waals surface area (Å²) >= 11 is 0. The van der Waals surface area contributed by atoms with Gasteiger partial charge < -0.3 is 5.73 Å². The molecule has 2 N–H and O–H groups in total. The lowest BCUT2D eigenvalue weighted by Gasteiger charge is -2.02. The molecule has 1 aromatic rings. The van der Waals surface area contributed by atoms with Crippen LogP contribution in [0.1, 0.15) is 18.3 Å². The summed E-state index contributed by atoms with van der Waals surface area (Å²) in [5, 5.41) is 0. The smallest absolute Gasteiger partial charge is 0.0602 e. The second-order valence-corrected chi connectivity index (χ2v) is 2.83. The third-order valence-corrected chi connectivity index (χ3v) is 1.37. The van der Waals surface area contributed by atoms with Gasteiger partial charge in [0.1, 0.15) is 0 Å². The van der Waals surface area contributed by atoms with Gasteiger partial charge in [0.2, 0.25) is 0 Å². The normalized spacial score (nSPS) is 13.0. The van der Waals surface area contributed by atoms with Crippen molar-refractivity contribution in [3.05, 3.63) is 23.8 Å². The van der Waals surface area contributed by atoms with E-state index in [2.05, 4.69) is 9.97 Å². The molecular weight excluding hydrogens is 138 g/mol. The third-order valence-electron chi connectivity index (χ3n) is 1.37. The minimum absolute atomic E-state index is 0.159. The zero-order valence-corrected chi connectivity index (χ0v) is 6.91. The Labute approximate surface area is 66.7 Å². The van der Waals surface area contributed by atoms with Crippen LogP contribution in [-0.4, -0.2) is 16.0 Å². The van der Waals surface area contributed by atoms with E-state index in [0.29, 0.717) is 0 Å². The van der Waals surface area contributed by atoms with E-state index in [1.807, 2.05) is 13.8 Å². The van der Waals surface area contributed by atoms with Crippen molar-refractivity contribution in [1.29, 1.82) is 0 Å². The first-order valence-electron chi connectivity index (χ1n) is 3.71. The number of nitrogens with two attached hydrogens (primary N) is 1. The first-order valence-corrected chi connectivity index (χ1v) is 3.71. The Morgan fingerprint density at radius 3 is 2.64 bits per heavy atom. The predicted octanol–water partition coefficient (Wildman–Crippen LogP) is 0.675. The summed E-state index contributed by atoms with van der Waals surface area (Å²) in [5.41, 5.74) is 7.50. The Kier molecular flexibility index (Phi) is 2.54. The summed E-state index contributed by atoms with van der Waals surface area (Å²) in [6.45, 7) is 3.88. The number of hydrogen-bond donors (Lipinski definition) is 1. The van der Waals surface area contributed by atoms with Crippen LogP contribution in [0.5, 0.6) is 0 Å². The van der Waals surface area contributed by atoms with Gasteiger partial charge in [0.25, 0.3) is 0 Å². The van der Waals surface area contributed by atoms with Crippen molar-refractivity contribution in [2.24, 2.45) is 5.73 Å². The topological polar surface area (TPSA) is 51.8 Å². The van der Waals surface area contributed by atoms with Gasteiger partial charge in [-0.1, -0.05) is 0 Å². The molecule has 1 rings (SSSR count). The fourth-order valence-corrected chi connectivity index (χ4v) is 0.855. The molecule has 1 unspecified atom stereocenters. The maximum atomic E-state index is 5.59. The molecule has 0 saturated heterocycles. The van der Waals surface area contributed by atoms with Crippen molar-refractivity contribution in [2.45, 2.75) is 26.3 Å². The van der Waals surface area contributed by atoms with E-state index in [4.69, 9.17) is 5.73 Å². The van der Waals surface area contributed by atoms with E-state index in [1.54, 1.807) is 12.4 Å². The van der Waals surface area contributed by atoms with Crippen LogP contribution in [0, 0.1) is 6.92 Å². The third kappa shape index (κ3) is 2.63. The maximum absolute atomic E-state index is 5.59. The second kappa shape index (κ2) is 3.44. The van der Waals surface area contributed by atoms with E-state index in [9.17, 15) is 0 Å². The predicted molar refractivity (Wildman–Crippen MR) is 44.1 cm³/mol. The highest BCUT2D eigenvalue weighted by Crippen LogP contribution is 1.96. The van der Waals surface area contributed by atoms with Gasteiger partial charge in [-0.3, -0.25) is 9.97 Å². The molecule has 11 heavy (non-hydrogen) atoms. The number of hydrogen-bond acceptors (Lipinski definition) is 3. The van der Waals surface area contributed by atoms with Gasteiger partial charge in [-0.25, -0.2) is 0 Å². The lowest BCUT2D eigenvalue weighted by Crippen LogP contribution is -2.18. The Hall–Kier alpha value is -0.960. The molecule has 0 fully saturated rings. The van der Waals surface area contributed by atoms with Crippen LogP contribution in [0.3, 0.4) is 0 Å². The van der Waals surface area contributed by atoms with Crippen LogP contribution in [0.2, 0.25) is 0 Å². The SMILES string of the molecule is Cc1cnc(CC(C)N)cn1. The van der Waals surface area contributed by atoms with Crippen molar-refractivity contribution in [3.8, 4) is 0 Å². The van der Waals surface area contributed by atoms with Gasteiger partial charge >= 0.3 is 0 Å². The molecule has 0 amide bonds. The minimum atomic E-state index is 0.159. The van der Waals surface area contributed by atoms with Gasteiger partial charge in [-0.05, 0) is 13.8 Å². The van der Waals surface area contributed by atoms with E-state index in [-0.39, 0.29) is 6.04 Å².